The van der Waals surface area contributed by atoms with Crippen molar-refractivity contribution >= 4 is 5.96 Å². The number of nitrogens with one attached hydrogen (secondary N) is 1. The molecule has 3 N–H and O–H groups in total. The summed E-state index contributed by atoms with van der Waals surface area (Å²) in [4.78, 5) is 6.61. The molecule has 3 rings (SSSR count). The first-order chi connectivity index (χ1) is 14.4. The summed E-state index contributed by atoms with van der Waals surface area (Å²) in [6.45, 7) is 4.97. The molecule has 1 aliphatic rings. The first kappa shape index (κ1) is 21.9. The van der Waals surface area contributed by atoms with Crippen molar-refractivity contribution in [2.45, 2.75) is 26.0 Å². The lowest BCUT2D eigenvalue weighted by atomic mass is 10.1. The number of aliphatic imine (C=N–C) groups is 1. The summed E-state index contributed by atoms with van der Waals surface area (Å²) in [5.74, 6) is 0.00463. The van der Waals surface area contributed by atoms with Crippen molar-refractivity contribution in [1.82, 2.24) is 10.2 Å². The second-order valence-electron chi connectivity index (χ2n) is 6.90. The van der Waals surface area contributed by atoms with E-state index in [1.165, 1.54) is 29.8 Å². The van der Waals surface area contributed by atoms with Gasteiger partial charge in [-0.25, -0.2) is 4.99 Å². The van der Waals surface area contributed by atoms with Gasteiger partial charge in [-0.05, 0) is 28.8 Å². The third-order valence-electron chi connectivity index (χ3n) is 4.66. The molecule has 30 heavy (non-hydrogen) atoms. The number of ether oxygens (including phenoxy) is 2. The van der Waals surface area contributed by atoms with Crippen LogP contribution in [0.4, 0.5) is 13.2 Å². The molecule has 0 saturated carbocycles. The molecule has 0 bridgehead atoms. The molecule has 0 aliphatic carbocycles. The Hall–Kier alpha value is -2.78. The molecule has 0 unspecified atom stereocenters. The van der Waals surface area contributed by atoms with E-state index >= 15 is 0 Å². The molecular formula is C21H25F3N4O2. The number of rotatable bonds is 7. The maximum Gasteiger partial charge on any atom is 0.573 e. The Kier molecular flexibility index (Phi) is 7.53. The molecule has 6 nitrogen and oxygen atoms in total. The number of nitrogens with zero attached hydrogens (tertiary/aromatic N) is 2. The highest BCUT2D eigenvalue weighted by atomic mass is 19.4. The van der Waals surface area contributed by atoms with Gasteiger partial charge >= 0.3 is 6.36 Å². The Morgan fingerprint density at radius 3 is 2.40 bits per heavy atom. The van der Waals surface area contributed by atoms with E-state index in [1.807, 2.05) is 12.1 Å². The maximum absolute atomic E-state index is 12.2. The second kappa shape index (κ2) is 10.3. The molecule has 0 spiro atoms. The van der Waals surface area contributed by atoms with Crippen molar-refractivity contribution in [2.75, 3.05) is 26.3 Å². The SMILES string of the molecule is NC(=NCc1ccc(OC(F)(F)F)cc1)NCc1ccccc1CN1CCOCC1. The van der Waals surface area contributed by atoms with Crippen LogP contribution in [0.25, 0.3) is 0 Å². The maximum atomic E-state index is 12.2. The smallest absolute Gasteiger partial charge is 0.406 e. The summed E-state index contributed by atoms with van der Waals surface area (Å²) < 4.78 is 45.9. The molecule has 1 heterocycles. The van der Waals surface area contributed by atoms with Crippen LogP contribution in [0, 0.1) is 0 Å². The van der Waals surface area contributed by atoms with Crippen molar-refractivity contribution < 1.29 is 22.6 Å². The Labute approximate surface area is 173 Å². The molecule has 0 atom stereocenters. The van der Waals surface area contributed by atoms with Crippen LogP contribution in [0.5, 0.6) is 5.75 Å². The summed E-state index contributed by atoms with van der Waals surface area (Å²) in [5.41, 5.74) is 9.04. The lowest BCUT2D eigenvalue weighted by molar-refractivity contribution is -0.274. The van der Waals surface area contributed by atoms with Crippen LogP contribution in [0.15, 0.2) is 53.5 Å². The fraction of sp³-hybridized carbons (Fsp3) is 0.381. The predicted molar refractivity (Wildman–Crippen MR) is 108 cm³/mol. The van der Waals surface area contributed by atoms with Crippen LogP contribution in [0.1, 0.15) is 16.7 Å². The Balaban J connectivity index is 1.51. The lowest BCUT2D eigenvalue weighted by Gasteiger charge is -2.27. The van der Waals surface area contributed by atoms with Gasteiger partial charge in [-0.3, -0.25) is 4.90 Å². The highest BCUT2D eigenvalue weighted by Crippen LogP contribution is 2.22. The number of guanidine groups is 1. The third kappa shape index (κ3) is 7.23. The monoisotopic (exact) mass is 422 g/mol. The topological polar surface area (TPSA) is 72.1 Å². The summed E-state index contributed by atoms with van der Waals surface area (Å²) in [6, 6.07) is 13.7. The number of benzene rings is 2. The average Bonchev–Trinajstić information content (AvgIpc) is 2.72. The second-order valence-corrected chi connectivity index (χ2v) is 6.90. The zero-order chi connectivity index (χ0) is 21.4. The minimum atomic E-state index is -4.70. The van der Waals surface area contributed by atoms with Gasteiger partial charge in [-0.2, -0.15) is 0 Å². The van der Waals surface area contributed by atoms with Crippen LogP contribution in [-0.2, 0) is 24.4 Å². The molecule has 9 heteroatoms. The van der Waals surface area contributed by atoms with Gasteiger partial charge in [0.1, 0.15) is 5.75 Å². The molecule has 1 aliphatic heterocycles. The van der Waals surface area contributed by atoms with Gasteiger partial charge in [0.25, 0.3) is 0 Å². The van der Waals surface area contributed by atoms with E-state index in [0.717, 1.165) is 44.0 Å². The van der Waals surface area contributed by atoms with Gasteiger partial charge in [-0.1, -0.05) is 36.4 Å². The van der Waals surface area contributed by atoms with E-state index in [4.69, 9.17) is 10.5 Å². The molecule has 1 saturated heterocycles. The number of nitrogens with two attached hydrogens (primary N) is 1. The van der Waals surface area contributed by atoms with E-state index in [2.05, 4.69) is 32.1 Å². The number of hydrogen-bond acceptors (Lipinski definition) is 4. The third-order valence-corrected chi connectivity index (χ3v) is 4.66. The molecule has 0 amide bonds. The van der Waals surface area contributed by atoms with Crippen LogP contribution < -0.4 is 15.8 Å². The zero-order valence-electron chi connectivity index (χ0n) is 16.5. The summed E-state index contributed by atoms with van der Waals surface area (Å²) >= 11 is 0. The first-order valence-corrected chi connectivity index (χ1v) is 9.64. The van der Waals surface area contributed by atoms with Crippen molar-refractivity contribution in [3.8, 4) is 5.75 Å². The van der Waals surface area contributed by atoms with Gasteiger partial charge in [0.05, 0.1) is 19.8 Å². The Morgan fingerprint density at radius 1 is 1.07 bits per heavy atom. The summed E-state index contributed by atoms with van der Waals surface area (Å²) in [7, 11) is 0. The van der Waals surface area contributed by atoms with Gasteiger partial charge < -0.3 is 20.5 Å². The normalized spacial score (nSPS) is 15.8. The number of morpholine rings is 1. The van der Waals surface area contributed by atoms with Crippen molar-refractivity contribution in [2.24, 2.45) is 10.7 Å². The molecule has 162 valence electrons. The van der Waals surface area contributed by atoms with Crippen LogP contribution in [0.3, 0.4) is 0 Å². The minimum Gasteiger partial charge on any atom is -0.406 e. The van der Waals surface area contributed by atoms with Crippen molar-refractivity contribution in [3.05, 3.63) is 65.2 Å². The standard InChI is InChI=1S/C21H25F3N4O2/c22-21(23,24)30-19-7-5-16(6-8-19)13-26-20(25)27-14-17-3-1-2-4-18(17)15-28-9-11-29-12-10-28/h1-8H,9-15H2,(H3,25,26,27). The molecule has 2 aromatic carbocycles. The van der Waals surface area contributed by atoms with Gasteiger partial charge in [0.2, 0.25) is 0 Å². The van der Waals surface area contributed by atoms with Gasteiger partial charge in [-0.15, -0.1) is 13.2 Å². The number of hydrogen-bond donors (Lipinski definition) is 2. The highest BCUT2D eigenvalue weighted by Gasteiger charge is 2.30. The van der Waals surface area contributed by atoms with Crippen molar-refractivity contribution in [3.63, 3.8) is 0 Å². The average molecular weight is 422 g/mol. The van der Waals surface area contributed by atoms with Crippen LogP contribution >= 0.6 is 0 Å². The number of halogens is 3. The minimum absolute atomic E-state index is 0.251. The van der Waals surface area contributed by atoms with Crippen LogP contribution in [0.2, 0.25) is 0 Å². The fourth-order valence-corrected chi connectivity index (χ4v) is 3.10. The summed E-state index contributed by atoms with van der Waals surface area (Å²) in [5, 5.41) is 3.10. The first-order valence-electron chi connectivity index (χ1n) is 9.64. The summed E-state index contributed by atoms with van der Waals surface area (Å²) in [6.07, 6.45) is -4.70. The molecule has 2 aromatic rings. The largest absolute Gasteiger partial charge is 0.573 e. The van der Waals surface area contributed by atoms with Crippen LogP contribution in [-0.4, -0.2) is 43.5 Å². The van der Waals surface area contributed by atoms with E-state index in [-0.39, 0.29) is 18.3 Å². The molecule has 0 aromatic heterocycles. The highest BCUT2D eigenvalue weighted by molar-refractivity contribution is 5.77. The van der Waals surface area contributed by atoms with Gasteiger partial charge in [0.15, 0.2) is 5.96 Å². The molecular weight excluding hydrogens is 397 g/mol. The fourth-order valence-electron chi connectivity index (χ4n) is 3.10. The van der Waals surface area contributed by atoms with Crippen molar-refractivity contribution in [1.29, 1.82) is 0 Å². The van der Waals surface area contributed by atoms with Gasteiger partial charge in [0, 0.05) is 26.2 Å². The van der Waals surface area contributed by atoms with E-state index < -0.39 is 6.36 Å². The van der Waals surface area contributed by atoms with E-state index in [1.54, 1.807) is 0 Å². The Bertz CT molecular complexity index is 835. The zero-order valence-corrected chi connectivity index (χ0v) is 16.5. The molecule has 0 radical (unpaired) electrons. The van der Waals surface area contributed by atoms with E-state index in [0.29, 0.717) is 6.54 Å². The quantitative estimate of drug-likeness (QED) is 0.530. The number of alkyl halides is 3. The molecule has 1 fully saturated rings. The lowest BCUT2D eigenvalue weighted by Crippen LogP contribution is -2.36. The van der Waals surface area contributed by atoms with E-state index in [9.17, 15) is 13.2 Å². The predicted octanol–water partition coefficient (Wildman–Crippen LogP) is 3.02. The Morgan fingerprint density at radius 2 is 1.73 bits per heavy atom.